The normalized spacial score (nSPS) is 11.0. The van der Waals surface area contributed by atoms with E-state index in [1.807, 2.05) is 47.0 Å². The van der Waals surface area contributed by atoms with E-state index in [1.165, 1.54) is 0 Å². The van der Waals surface area contributed by atoms with Gasteiger partial charge in [-0.1, -0.05) is 45.4 Å². The zero-order valence-electron chi connectivity index (χ0n) is 14.7. The van der Waals surface area contributed by atoms with Gasteiger partial charge in [0.05, 0.1) is 24.1 Å². The molecule has 0 N–H and O–H groups in total. The van der Waals surface area contributed by atoms with Crippen LogP contribution in [0.4, 0.5) is 0 Å². The Balaban J connectivity index is 1.52. The molecule has 5 nitrogen and oxygen atoms in total. The molecule has 142 valence electrons. The van der Waals surface area contributed by atoms with Gasteiger partial charge in [-0.05, 0) is 36.4 Å². The van der Waals surface area contributed by atoms with Crippen molar-refractivity contribution in [3.63, 3.8) is 0 Å². The highest BCUT2D eigenvalue weighted by Crippen LogP contribution is 2.35. The van der Waals surface area contributed by atoms with Crippen LogP contribution in [0.5, 0.6) is 5.75 Å². The van der Waals surface area contributed by atoms with E-state index in [1.54, 1.807) is 36.5 Å². The Bertz CT molecular complexity index is 1110. The molecule has 2 aromatic carbocycles. The minimum atomic E-state index is 0.675. The topological polar surface area (TPSA) is 52.8 Å². The standard InChI is InChI=1S/C19H14BrClN4OS2/c1-26-17-6-5-12(20)7-16(17)18-23-14(9-27-18)10-28-19-24-22-11-25(19)15-4-2-3-13(21)8-15/h2-9,11H,10H2,1H3. The first kappa shape index (κ1) is 19.4. The minimum Gasteiger partial charge on any atom is -0.496 e. The number of hydrogen-bond acceptors (Lipinski definition) is 6. The summed E-state index contributed by atoms with van der Waals surface area (Å²) in [6.07, 6.45) is 1.69. The average Bonchev–Trinajstić information content (AvgIpc) is 3.36. The first-order chi connectivity index (χ1) is 13.6. The second-order valence-electron chi connectivity index (χ2n) is 5.74. The van der Waals surface area contributed by atoms with Crippen LogP contribution >= 0.6 is 50.6 Å². The third-order valence-corrected chi connectivity index (χ3v) is 6.53. The van der Waals surface area contributed by atoms with Gasteiger partial charge in [-0.3, -0.25) is 4.57 Å². The molecule has 0 aliphatic carbocycles. The zero-order chi connectivity index (χ0) is 19.5. The molecule has 4 aromatic rings. The Morgan fingerprint density at radius 2 is 2.14 bits per heavy atom. The van der Waals surface area contributed by atoms with Crippen LogP contribution in [0.1, 0.15) is 5.69 Å². The minimum absolute atomic E-state index is 0.675. The Morgan fingerprint density at radius 3 is 2.96 bits per heavy atom. The fourth-order valence-corrected chi connectivity index (χ4v) is 4.92. The van der Waals surface area contributed by atoms with Gasteiger partial charge in [0.2, 0.25) is 0 Å². The van der Waals surface area contributed by atoms with Gasteiger partial charge in [0.15, 0.2) is 5.16 Å². The summed E-state index contributed by atoms with van der Waals surface area (Å²) in [5.74, 6) is 1.49. The van der Waals surface area contributed by atoms with E-state index in [0.717, 1.165) is 37.3 Å². The fraction of sp³-hybridized carbons (Fsp3) is 0.105. The van der Waals surface area contributed by atoms with E-state index in [9.17, 15) is 0 Å². The van der Waals surface area contributed by atoms with E-state index in [2.05, 4.69) is 31.5 Å². The molecule has 0 saturated heterocycles. The van der Waals surface area contributed by atoms with Crippen molar-refractivity contribution in [3.05, 3.63) is 69.4 Å². The molecule has 0 amide bonds. The molecule has 9 heteroatoms. The van der Waals surface area contributed by atoms with Crippen molar-refractivity contribution in [1.29, 1.82) is 0 Å². The quantitative estimate of drug-likeness (QED) is 0.303. The number of halogens is 2. The van der Waals surface area contributed by atoms with Gasteiger partial charge in [-0.25, -0.2) is 4.98 Å². The molecular formula is C19H14BrClN4OS2. The third kappa shape index (κ3) is 4.25. The molecule has 0 fully saturated rings. The Kier molecular flexibility index (Phi) is 6.01. The fourth-order valence-electron chi connectivity index (χ4n) is 2.61. The van der Waals surface area contributed by atoms with Gasteiger partial charge in [-0.15, -0.1) is 21.5 Å². The summed E-state index contributed by atoms with van der Waals surface area (Å²) in [6, 6.07) is 13.5. The molecule has 0 atom stereocenters. The van der Waals surface area contributed by atoms with Crippen LogP contribution in [0.15, 0.2) is 63.8 Å². The van der Waals surface area contributed by atoms with Crippen molar-refractivity contribution in [1.82, 2.24) is 19.7 Å². The summed E-state index contributed by atoms with van der Waals surface area (Å²) >= 11 is 12.8. The lowest BCUT2D eigenvalue weighted by molar-refractivity contribution is 0.416. The van der Waals surface area contributed by atoms with Crippen LogP contribution in [0, 0.1) is 0 Å². The van der Waals surface area contributed by atoms with Crippen LogP contribution in [0.2, 0.25) is 5.02 Å². The first-order valence-electron chi connectivity index (χ1n) is 8.21. The maximum atomic E-state index is 6.10. The van der Waals surface area contributed by atoms with E-state index in [4.69, 9.17) is 21.3 Å². The van der Waals surface area contributed by atoms with Gasteiger partial charge in [0, 0.05) is 20.6 Å². The lowest BCUT2D eigenvalue weighted by atomic mass is 10.2. The van der Waals surface area contributed by atoms with Crippen molar-refractivity contribution < 1.29 is 4.74 Å². The summed E-state index contributed by atoms with van der Waals surface area (Å²) in [4.78, 5) is 4.76. The molecule has 0 saturated carbocycles. The predicted molar refractivity (Wildman–Crippen MR) is 118 cm³/mol. The molecule has 2 aromatic heterocycles. The second-order valence-corrected chi connectivity index (χ2v) is 8.89. The average molecular weight is 494 g/mol. The third-order valence-electron chi connectivity index (χ3n) is 3.90. The highest BCUT2D eigenvalue weighted by Gasteiger charge is 2.13. The SMILES string of the molecule is COc1ccc(Br)cc1-c1nc(CSc2nncn2-c2cccc(Cl)c2)cs1. The molecule has 0 spiro atoms. The van der Waals surface area contributed by atoms with Crippen molar-refractivity contribution in [3.8, 4) is 22.0 Å². The summed E-state index contributed by atoms with van der Waals surface area (Å²) in [5, 5.41) is 12.7. The number of aromatic nitrogens is 4. The second kappa shape index (κ2) is 8.65. The van der Waals surface area contributed by atoms with E-state index in [0.29, 0.717) is 10.8 Å². The predicted octanol–water partition coefficient (Wildman–Crippen LogP) is 6.11. The smallest absolute Gasteiger partial charge is 0.195 e. The monoisotopic (exact) mass is 492 g/mol. The van der Waals surface area contributed by atoms with Crippen molar-refractivity contribution in [2.75, 3.05) is 7.11 Å². The van der Waals surface area contributed by atoms with E-state index >= 15 is 0 Å². The van der Waals surface area contributed by atoms with E-state index < -0.39 is 0 Å². The molecule has 0 aliphatic heterocycles. The Morgan fingerprint density at radius 1 is 1.25 bits per heavy atom. The molecule has 0 radical (unpaired) electrons. The van der Waals surface area contributed by atoms with Gasteiger partial charge >= 0.3 is 0 Å². The van der Waals surface area contributed by atoms with Gasteiger partial charge < -0.3 is 4.74 Å². The van der Waals surface area contributed by atoms with Crippen LogP contribution in [-0.4, -0.2) is 26.9 Å². The highest BCUT2D eigenvalue weighted by atomic mass is 79.9. The zero-order valence-corrected chi connectivity index (χ0v) is 18.6. The number of methoxy groups -OCH3 is 1. The van der Waals surface area contributed by atoms with Crippen LogP contribution in [-0.2, 0) is 5.75 Å². The van der Waals surface area contributed by atoms with Crippen LogP contribution in [0.25, 0.3) is 16.3 Å². The summed E-state index contributed by atoms with van der Waals surface area (Å²) in [6.45, 7) is 0. The maximum absolute atomic E-state index is 6.10. The Hall–Kier alpha value is -1.87. The summed E-state index contributed by atoms with van der Waals surface area (Å²) in [7, 11) is 1.67. The lowest BCUT2D eigenvalue weighted by Gasteiger charge is -2.06. The van der Waals surface area contributed by atoms with Crippen LogP contribution < -0.4 is 4.74 Å². The Labute approximate surface area is 183 Å². The molecule has 0 aliphatic rings. The summed E-state index contributed by atoms with van der Waals surface area (Å²) < 4.78 is 8.37. The molecular weight excluding hydrogens is 480 g/mol. The number of thioether (sulfide) groups is 1. The van der Waals surface area contributed by atoms with Gasteiger partial charge in [-0.2, -0.15) is 0 Å². The first-order valence-corrected chi connectivity index (χ1v) is 11.2. The molecule has 0 bridgehead atoms. The van der Waals surface area contributed by atoms with Crippen molar-refractivity contribution in [2.45, 2.75) is 10.9 Å². The van der Waals surface area contributed by atoms with Gasteiger partial charge in [0.25, 0.3) is 0 Å². The van der Waals surface area contributed by atoms with Gasteiger partial charge in [0.1, 0.15) is 17.1 Å². The number of thiazole rings is 1. The highest BCUT2D eigenvalue weighted by molar-refractivity contribution is 9.10. The molecule has 2 heterocycles. The van der Waals surface area contributed by atoms with E-state index in [-0.39, 0.29) is 0 Å². The number of ether oxygens (including phenoxy) is 1. The van der Waals surface area contributed by atoms with Crippen molar-refractivity contribution >= 4 is 50.6 Å². The summed E-state index contributed by atoms with van der Waals surface area (Å²) in [5.41, 5.74) is 2.88. The molecule has 28 heavy (non-hydrogen) atoms. The van der Waals surface area contributed by atoms with Crippen LogP contribution in [0.3, 0.4) is 0 Å². The maximum Gasteiger partial charge on any atom is 0.195 e. The molecule has 4 rings (SSSR count). The number of nitrogens with zero attached hydrogens (tertiary/aromatic N) is 4. The lowest BCUT2D eigenvalue weighted by Crippen LogP contribution is -1.95. The number of hydrogen-bond donors (Lipinski definition) is 0. The largest absolute Gasteiger partial charge is 0.496 e. The number of benzene rings is 2. The number of rotatable bonds is 6. The molecule has 0 unspecified atom stereocenters. The van der Waals surface area contributed by atoms with Crippen molar-refractivity contribution in [2.24, 2.45) is 0 Å².